The minimum Gasteiger partial charge on any atom is -0.352 e. The Morgan fingerprint density at radius 3 is 2.85 bits per heavy atom. The first-order chi connectivity index (χ1) is 9.54. The molecular weight excluding hydrogens is 274 g/mol. The molecule has 0 aliphatic rings. The summed E-state index contributed by atoms with van der Waals surface area (Å²) in [6.45, 7) is 2.72. The van der Waals surface area contributed by atoms with Gasteiger partial charge in [-0.1, -0.05) is 11.6 Å². The van der Waals surface area contributed by atoms with Crippen LogP contribution < -0.4 is 4.90 Å². The van der Waals surface area contributed by atoms with E-state index in [1.54, 1.807) is 6.20 Å². The number of nitrogens with zero attached hydrogens (tertiary/aromatic N) is 5. The van der Waals surface area contributed by atoms with Crippen molar-refractivity contribution >= 4 is 22.9 Å². The predicted molar refractivity (Wildman–Crippen MR) is 80.3 cm³/mol. The quantitative estimate of drug-likeness (QED) is 0.744. The Morgan fingerprint density at radius 2 is 2.15 bits per heavy atom. The van der Waals surface area contributed by atoms with Crippen molar-refractivity contribution in [3.8, 4) is 0 Å². The van der Waals surface area contributed by atoms with E-state index in [9.17, 15) is 0 Å². The fourth-order valence-corrected chi connectivity index (χ4v) is 2.64. The molecule has 3 heterocycles. The molecule has 0 unspecified atom stereocenters. The number of rotatable bonds is 3. The molecule has 20 heavy (non-hydrogen) atoms. The van der Waals surface area contributed by atoms with E-state index in [0.717, 1.165) is 34.3 Å². The van der Waals surface area contributed by atoms with Gasteiger partial charge in [0.15, 0.2) is 5.82 Å². The van der Waals surface area contributed by atoms with Crippen LogP contribution in [0.15, 0.2) is 30.7 Å². The Labute approximate surface area is 122 Å². The zero-order chi connectivity index (χ0) is 14.3. The fourth-order valence-electron chi connectivity index (χ4n) is 2.37. The van der Waals surface area contributed by atoms with Crippen molar-refractivity contribution in [2.24, 2.45) is 7.05 Å². The van der Waals surface area contributed by atoms with Gasteiger partial charge < -0.3 is 9.47 Å². The van der Waals surface area contributed by atoms with E-state index in [1.807, 2.05) is 54.6 Å². The van der Waals surface area contributed by atoms with Crippen LogP contribution in [0.5, 0.6) is 0 Å². The van der Waals surface area contributed by atoms with Crippen LogP contribution in [-0.2, 0) is 13.6 Å². The van der Waals surface area contributed by atoms with Crippen LogP contribution in [0.2, 0.25) is 5.02 Å². The van der Waals surface area contributed by atoms with Crippen molar-refractivity contribution in [2.75, 3.05) is 11.9 Å². The molecule has 0 spiro atoms. The minimum absolute atomic E-state index is 0.736. The van der Waals surface area contributed by atoms with Crippen LogP contribution in [-0.4, -0.2) is 26.2 Å². The van der Waals surface area contributed by atoms with Gasteiger partial charge in [0.05, 0.1) is 17.3 Å². The van der Waals surface area contributed by atoms with Crippen LogP contribution in [0, 0.1) is 6.92 Å². The summed E-state index contributed by atoms with van der Waals surface area (Å²) in [6.07, 6.45) is 5.53. The van der Waals surface area contributed by atoms with Gasteiger partial charge in [-0.25, -0.2) is 9.50 Å². The average molecular weight is 290 g/mol. The lowest BCUT2D eigenvalue weighted by atomic mass is 10.3. The van der Waals surface area contributed by atoms with Crippen molar-refractivity contribution < 1.29 is 0 Å². The molecule has 0 aromatic carbocycles. The fraction of sp³-hybridized carbons (Fsp3) is 0.286. The van der Waals surface area contributed by atoms with Crippen molar-refractivity contribution in [1.82, 2.24) is 19.2 Å². The lowest BCUT2D eigenvalue weighted by molar-refractivity contribution is 0.781. The number of hydrogen-bond acceptors (Lipinski definition) is 3. The summed E-state index contributed by atoms with van der Waals surface area (Å²) in [7, 11) is 4.01. The second-order valence-electron chi connectivity index (χ2n) is 4.98. The van der Waals surface area contributed by atoms with E-state index in [0.29, 0.717) is 0 Å². The average Bonchev–Trinajstić information content (AvgIpc) is 2.90. The maximum absolute atomic E-state index is 6.02. The zero-order valence-electron chi connectivity index (χ0n) is 11.7. The maximum atomic E-state index is 6.02. The summed E-state index contributed by atoms with van der Waals surface area (Å²) in [5, 5.41) is 5.16. The molecule has 0 N–H and O–H groups in total. The molecule has 0 saturated heterocycles. The molecule has 0 aliphatic heterocycles. The number of anilines is 1. The van der Waals surface area contributed by atoms with Crippen molar-refractivity contribution in [2.45, 2.75) is 13.5 Å². The molecule has 0 bridgehead atoms. The molecule has 3 aromatic heterocycles. The largest absolute Gasteiger partial charge is 0.352 e. The third-order valence-corrected chi connectivity index (χ3v) is 3.53. The van der Waals surface area contributed by atoms with E-state index < -0.39 is 0 Å². The van der Waals surface area contributed by atoms with Crippen molar-refractivity contribution in [3.63, 3.8) is 0 Å². The van der Waals surface area contributed by atoms with Gasteiger partial charge in [0.25, 0.3) is 0 Å². The van der Waals surface area contributed by atoms with Crippen LogP contribution in [0.3, 0.4) is 0 Å². The molecule has 104 valence electrons. The lowest BCUT2D eigenvalue weighted by Gasteiger charge is -2.19. The molecule has 3 rings (SSSR count). The van der Waals surface area contributed by atoms with Crippen molar-refractivity contribution in [1.29, 1.82) is 0 Å². The predicted octanol–water partition coefficient (Wildman–Crippen LogP) is 2.67. The Morgan fingerprint density at radius 1 is 1.35 bits per heavy atom. The molecule has 0 radical (unpaired) electrons. The maximum Gasteiger partial charge on any atom is 0.154 e. The van der Waals surface area contributed by atoms with E-state index in [1.165, 1.54) is 0 Å². The number of halogens is 1. The van der Waals surface area contributed by atoms with E-state index in [4.69, 9.17) is 11.6 Å². The van der Waals surface area contributed by atoms with Gasteiger partial charge in [-0.15, -0.1) is 0 Å². The first-order valence-electron chi connectivity index (χ1n) is 6.37. The number of fused-ring (bicyclic) bond motifs is 1. The standard InChI is InChI=1S/C14H16ClN5/c1-10-6-13-14(16-4-5-20(13)17-10)19(3)9-12-7-11(15)8-18(12)2/h4-8H,9H2,1-3H3. The molecule has 0 atom stereocenters. The van der Waals surface area contributed by atoms with Gasteiger partial charge in [0.2, 0.25) is 0 Å². The summed E-state index contributed by atoms with van der Waals surface area (Å²) in [5.74, 6) is 0.908. The van der Waals surface area contributed by atoms with Gasteiger partial charge in [-0.3, -0.25) is 0 Å². The normalized spacial score (nSPS) is 11.2. The lowest BCUT2D eigenvalue weighted by Crippen LogP contribution is -2.20. The first kappa shape index (κ1) is 13.0. The smallest absolute Gasteiger partial charge is 0.154 e. The Balaban J connectivity index is 1.96. The number of hydrogen-bond donors (Lipinski definition) is 0. The number of aromatic nitrogens is 4. The van der Waals surface area contributed by atoms with E-state index in [2.05, 4.69) is 15.0 Å². The van der Waals surface area contributed by atoms with Gasteiger partial charge in [-0.2, -0.15) is 5.10 Å². The summed E-state index contributed by atoms with van der Waals surface area (Å²) < 4.78 is 3.88. The molecule has 0 amide bonds. The van der Waals surface area contributed by atoms with E-state index in [-0.39, 0.29) is 0 Å². The van der Waals surface area contributed by atoms with Gasteiger partial charge in [-0.05, 0) is 19.1 Å². The SMILES string of the molecule is Cc1cc2c(N(C)Cc3cc(Cl)cn3C)nccn2n1. The zero-order valence-corrected chi connectivity index (χ0v) is 12.5. The first-order valence-corrected chi connectivity index (χ1v) is 6.75. The molecule has 0 fully saturated rings. The van der Waals surface area contributed by atoms with E-state index >= 15 is 0 Å². The third-order valence-electron chi connectivity index (χ3n) is 3.33. The molecule has 3 aromatic rings. The summed E-state index contributed by atoms with van der Waals surface area (Å²) in [4.78, 5) is 6.57. The summed E-state index contributed by atoms with van der Waals surface area (Å²) >= 11 is 6.02. The highest BCUT2D eigenvalue weighted by molar-refractivity contribution is 6.30. The third kappa shape index (κ3) is 2.25. The molecule has 0 aliphatic carbocycles. The van der Waals surface area contributed by atoms with Gasteiger partial charge in [0, 0.05) is 38.4 Å². The molecule has 0 saturated carbocycles. The number of aryl methyl sites for hydroxylation is 2. The van der Waals surface area contributed by atoms with Crippen LogP contribution in [0.1, 0.15) is 11.4 Å². The van der Waals surface area contributed by atoms with Crippen LogP contribution >= 0.6 is 11.6 Å². The summed E-state index contributed by atoms with van der Waals surface area (Å²) in [5.41, 5.74) is 3.12. The van der Waals surface area contributed by atoms with Gasteiger partial charge >= 0.3 is 0 Å². The Bertz CT molecular complexity index is 758. The highest BCUT2D eigenvalue weighted by atomic mass is 35.5. The molecular formula is C14H16ClN5. The van der Waals surface area contributed by atoms with Gasteiger partial charge in [0.1, 0.15) is 5.52 Å². The Kier molecular flexibility index (Phi) is 3.14. The Hall–Kier alpha value is -2.01. The molecule has 5 nitrogen and oxygen atoms in total. The monoisotopic (exact) mass is 289 g/mol. The highest BCUT2D eigenvalue weighted by Crippen LogP contribution is 2.21. The molecule has 6 heteroatoms. The van der Waals surface area contributed by atoms with Crippen LogP contribution in [0.25, 0.3) is 5.52 Å². The highest BCUT2D eigenvalue weighted by Gasteiger charge is 2.12. The summed E-state index contributed by atoms with van der Waals surface area (Å²) in [6, 6.07) is 4.01. The minimum atomic E-state index is 0.736. The van der Waals surface area contributed by atoms with Crippen molar-refractivity contribution in [3.05, 3.63) is 47.1 Å². The second kappa shape index (κ2) is 4.83. The van der Waals surface area contributed by atoms with Crippen LogP contribution in [0.4, 0.5) is 5.82 Å². The topological polar surface area (TPSA) is 38.4 Å². The second-order valence-corrected chi connectivity index (χ2v) is 5.42.